The second-order valence-corrected chi connectivity index (χ2v) is 6.83. The lowest BCUT2D eigenvalue weighted by molar-refractivity contribution is -0.121. The minimum atomic E-state index is -0.115. The molecule has 1 aromatic heterocycles. The number of anilines is 1. The van der Waals surface area contributed by atoms with Crippen molar-refractivity contribution in [2.24, 2.45) is 0 Å². The molecule has 1 amide bonds. The van der Waals surface area contributed by atoms with Crippen LogP contribution in [-0.4, -0.2) is 30.5 Å². The summed E-state index contributed by atoms with van der Waals surface area (Å²) in [5.41, 5.74) is 2.17. The lowest BCUT2D eigenvalue weighted by Crippen LogP contribution is -2.43. The Bertz CT molecular complexity index is 755. The molecule has 5 nitrogen and oxygen atoms in total. The fourth-order valence-corrected chi connectivity index (χ4v) is 4.08. The standard InChI is InChI=1S/C20H24N2O3/c1-24-13-15-9-11-19(25-15)17-7-4-12-22(17)18-10-8-14-5-2-3-6-16(14)21-20(18)23/h2-3,5-6,9,11,17-18H,4,7-8,10,12-13H2,1H3,(H,21,23)/t17-,18+/m1/s1. The number of fused-ring (bicyclic) bond motifs is 1. The Morgan fingerprint density at radius 2 is 2.08 bits per heavy atom. The highest BCUT2D eigenvalue weighted by Crippen LogP contribution is 2.37. The van der Waals surface area contributed by atoms with Crippen molar-refractivity contribution in [2.75, 3.05) is 19.0 Å². The van der Waals surface area contributed by atoms with Gasteiger partial charge in [0.15, 0.2) is 0 Å². The molecular weight excluding hydrogens is 316 g/mol. The zero-order valence-electron chi connectivity index (χ0n) is 14.5. The van der Waals surface area contributed by atoms with E-state index in [1.54, 1.807) is 7.11 Å². The van der Waals surface area contributed by atoms with Gasteiger partial charge < -0.3 is 14.5 Å². The first kappa shape index (κ1) is 16.4. The van der Waals surface area contributed by atoms with Gasteiger partial charge in [-0.2, -0.15) is 0 Å². The van der Waals surface area contributed by atoms with Crippen LogP contribution in [0, 0.1) is 0 Å². The molecule has 2 aliphatic rings. The Balaban J connectivity index is 1.54. The molecule has 0 bridgehead atoms. The second kappa shape index (κ2) is 7.02. The number of carbonyl (C=O) groups excluding carboxylic acids is 1. The van der Waals surface area contributed by atoms with E-state index >= 15 is 0 Å². The van der Waals surface area contributed by atoms with Crippen molar-refractivity contribution in [3.05, 3.63) is 53.5 Å². The molecule has 0 aliphatic carbocycles. The number of likely N-dealkylation sites (tertiary alicyclic amines) is 1. The van der Waals surface area contributed by atoms with Crippen LogP contribution in [0.3, 0.4) is 0 Å². The lowest BCUT2D eigenvalue weighted by Gasteiger charge is -2.30. The Hall–Kier alpha value is -2.11. The van der Waals surface area contributed by atoms with Crippen LogP contribution in [0.4, 0.5) is 5.69 Å². The van der Waals surface area contributed by atoms with E-state index in [0.29, 0.717) is 6.61 Å². The van der Waals surface area contributed by atoms with Gasteiger partial charge in [0.25, 0.3) is 0 Å². The smallest absolute Gasteiger partial charge is 0.241 e. The Morgan fingerprint density at radius 1 is 1.20 bits per heavy atom. The number of nitrogens with zero attached hydrogens (tertiary/aromatic N) is 1. The molecule has 1 N–H and O–H groups in total. The molecule has 0 unspecified atom stereocenters. The number of aryl methyl sites for hydroxylation is 1. The van der Waals surface area contributed by atoms with Crippen molar-refractivity contribution in [1.29, 1.82) is 0 Å². The van der Waals surface area contributed by atoms with Crippen LogP contribution < -0.4 is 5.32 Å². The number of furan rings is 1. The predicted molar refractivity (Wildman–Crippen MR) is 95.3 cm³/mol. The summed E-state index contributed by atoms with van der Waals surface area (Å²) in [5.74, 6) is 1.88. The van der Waals surface area contributed by atoms with E-state index in [1.165, 1.54) is 5.56 Å². The molecule has 2 aromatic rings. The largest absolute Gasteiger partial charge is 0.462 e. The number of nitrogens with one attached hydrogen (secondary N) is 1. The summed E-state index contributed by atoms with van der Waals surface area (Å²) in [7, 11) is 1.66. The third-order valence-corrected chi connectivity index (χ3v) is 5.26. The van der Waals surface area contributed by atoms with Crippen molar-refractivity contribution in [3.63, 3.8) is 0 Å². The van der Waals surface area contributed by atoms with E-state index in [2.05, 4.69) is 16.3 Å². The van der Waals surface area contributed by atoms with Crippen molar-refractivity contribution in [2.45, 2.75) is 44.4 Å². The molecule has 0 radical (unpaired) electrons. The molecule has 0 saturated carbocycles. The molecule has 2 aliphatic heterocycles. The summed E-state index contributed by atoms with van der Waals surface area (Å²) in [6.45, 7) is 1.41. The highest BCUT2D eigenvalue weighted by atomic mass is 16.5. The van der Waals surface area contributed by atoms with Gasteiger partial charge in [0, 0.05) is 12.8 Å². The van der Waals surface area contributed by atoms with Crippen LogP contribution in [-0.2, 0) is 22.6 Å². The SMILES string of the molecule is COCc1ccc([C@H]2CCCN2[C@H]2CCc3ccccc3NC2=O)o1. The van der Waals surface area contributed by atoms with Crippen LogP contribution in [0.25, 0.3) is 0 Å². The van der Waals surface area contributed by atoms with E-state index in [9.17, 15) is 4.79 Å². The van der Waals surface area contributed by atoms with E-state index in [0.717, 1.165) is 49.4 Å². The summed E-state index contributed by atoms with van der Waals surface area (Å²) in [5, 5.41) is 3.12. The zero-order chi connectivity index (χ0) is 17.2. The topological polar surface area (TPSA) is 54.7 Å². The van der Waals surface area contributed by atoms with E-state index in [-0.39, 0.29) is 18.0 Å². The summed E-state index contributed by atoms with van der Waals surface area (Å²) in [4.78, 5) is 15.2. The van der Waals surface area contributed by atoms with Crippen LogP contribution in [0.15, 0.2) is 40.8 Å². The van der Waals surface area contributed by atoms with Crippen LogP contribution in [0.2, 0.25) is 0 Å². The van der Waals surface area contributed by atoms with E-state index < -0.39 is 0 Å². The second-order valence-electron chi connectivity index (χ2n) is 6.83. The van der Waals surface area contributed by atoms with Crippen molar-refractivity contribution in [3.8, 4) is 0 Å². The molecule has 132 valence electrons. The number of benzene rings is 1. The summed E-state index contributed by atoms with van der Waals surface area (Å²) in [6.07, 6.45) is 3.86. The van der Waals surface area contributed by atoms with Crippen molar-refractivity contribution >= 4 is 11.6 Å². The Kier molecular flexibility index (Phi) is 4.59. The summed E-state index contributed by atoms with van der Waals surface area (Å²) in [6, 6.07) is 12.1. The average molecular weight is 340 g/mol. The van der Waals surface area contributed by atoms with Gasteiger partial charge >= 0.3 is 0 Å². The molecule has 1 fully saturated rings. The Labute approximate surface area is 148 Å². The Morgan fingerprint density at radius 3 is 2.96 bits per heavy atom. The van der Waals surface area contributed by atoms with Crippen molar-refractivity contribution < 1.29 is 13.9 Å². The van der Waals surface area contributed by atoms with E-state index in [1.807, 2.05) is 30.3 Å². The fraction of sp³-hybridized carbons (Fsp3) is 0.450. The molecular formula is C20H24N2O3. The van der Waals surface area contributed by atoms with Crippen LogP contribution in [0.1, 0.15) is 42.4 Å². The van der Waals surface area contributed by atoms with Gasteiger partial charge in [0.1, 0.15) is 18.1 Å². The maximum atomic E-state index is 12.8. The molecule has 4 rings (SSSR count). The lowest BCUT2D eigenvalue weighted by atomic mass is 10.0. The number of methoxy groups -OCH3 is 1. The highest BCUT2D eigenvalue weighted by Gasteiger charge is 2.38. The minimum Gasteiger partial charge on any atom is -0.462 e. The minimum absolute atomic E-state index is 0.0977. The van der Waals surface area contributed by atoms with Gasteiger partial charge in [-0.15, -0.1) is 0 Å². The van der Waals surface area contributed by atoms with Gasteiger partial charge in [0.05, 0.1) is 12.1 Å². The average Bonchev–Trinajstić information content (AvgIpc) is 3.23. The first-order valence-electron chi connectivity index (χ1n) is 8.98. The predicted octanol–water partition coefficient (Wildman–Crippen LogP) is 3.52. The van der Waals surface area contributed by atoms with Crippen LogP contribution >= 0.6 is 0 Å². The molecule has 1 saturated heterocycles. The number of rotatable bonds is 4. The van der Waals surface area contributed by atoms with Gasteiger partial charge in [-0.1, -0.05) is 18.2 Å². The number of hydrogen-bond acceptors (Lipinski definition) is 4. The van der Waals surface area contributed by atoms with Gasteiger partial charge in [0.2, 0.25) is 5.91 Å². The highest BCUT2D eigenvalue weighted by molar-refractivity contribution is 5.96. The maximum Gasteiger partial charge on any atom is 0.241 e. The molecule has 5 heteroatoms. The summed E-state index contributed by atoms with van der Waals surface area (Å²) < 4.78 is 11.1. The van der Waals surface area contributed by atoms with Gasteiger partial charge in [-0.05, 0) is 56.0 Å². The third-order valence-electron chi connectivity index (χ3n) is 5.26. The molecule has 0 spiro atoms. The first-order valence-corrected chi connectivity index (χ1v) is 8.98. The normalized spacial score (nSPS) is 24.0. The zero-order valence-corrected chi connectivity index (χ0v) is 14.5. The van der Waals surface area contributed by atoms with E-state index in [4.69, 9.17) is 9.15 Å². The molecule has 3 heterocycles. The van der Waals surface area contributed by atoms with Crippen LogP contribution in [0.5, 0.6) is 0 Å². The van der Waals surface area contributed by atoms with Gasteiger partial charge in [-0.3, -0.25) is 9.69 Å². The number of amides is 1. The number of ether oxygens (including phenoxy) is 1. The number of para-hydroxylation sites is 1. The van der Waals surface area contributed by atoms with Crippen molar-refractivity contribution in [1.82, 2.24) is 4.90 Å². The molecule has 25 heavy (non-hydrogen) atoms. The fourth-order valence-electron chi connectivity index (χ4n) is 4.08. The first-order chi connectivity index (χ1) is 12.3. The maximum absolute atomic E-state index is 12.8. The quantitative estimate of drug-likeness (QED) is 0.925. The van der Waals surface area contributed by atoms with Gasteiger partial charge in [-0.25, -0.2) is 0 Å². The monoisotopic (exact) mass is 340 g/mol. The summed E-state index contributed by atoms with van der Waals surface area (Å²) >= 11 is 0. The molecule has 1 aromatic carbocycles. The number of hydrogen-bond donors (Lipinski definition) is 1. The number of carbonyl (C=O) groups is 1. The molecule has 2 atom stereocenters. The third kappa shape index (κ3) is 3.22.